The van der Waals surface area contributed by atoms with Crippen LogP contribution in [0, 0.1) is 25.6 Å². The maximum atomic E-state index is 14.5. The molecule has 1 saturated carbocycles. The Morgan fingerprint density at radius 1 is 1.13 bits per heavy atom. The number of nitrogens with one attached hydrogen (secondary N) is 2. The highest BCUT2D eigenvalue weighted by molar-refractivity contribution is 7.13. The normalized spacial score (nSPS) is 13.0. The van der Waals surface area contributed by atoms with Crippen molar-refractivity contribution in [3.8, 4) is 5.75 Å². The minimum atomic E-state index is -0.689. The fourth-order valence-electron chi connectivity index (χ4n) is 2.85. The molecule has 0 radical (unpaired) electrons. The molecule has 9 heteroatoms. The molecule has 160 valence electrons. The van der Waals surface area contributed by atoms with Crippen LogP contribution in [0.15, 0.2) is 36.7 Å². The first-order valence-electron chi connectivity index (χ1n) is 9.83. The summed E-state index contributed by atoms with van der Waals surface area (Å²) in [4.78, 5) is 33.7. The number of anilines is 2. The number of carbonyl (C=O) groups is 2. The number of amides is 2. The average Bonchev–Trinajstić information content (AvgIpc) is 3.47. The van der Waals surface area contributed by atoms with Crippen LogP contribution in [0.25, 0.3) is 0 Å². The van der Waals surface area contributed by atoms with E-state index in [-0.39, 0.29) is 17.3 Å². The third-order valence-electron chi connectivity index (χ3n) is 4.81. The van der Waals surface area contributed by atoms with Crippen LogP contribution in [-0.2, 0) is 0 Å². The molecule has 7 nitrogen and oxygen atoms in total. The van der Waals surface area contributed by atoms with Gasteiger partial charge in [-0.25, -0.2) is 14.4 Å². The number of rotatable bonds is 7. The van der Waals surface area contributed by atoms with Gasteiger partial charge in [-0.1, -0.05) is 0 Å². The summed E-state index contributed by atoms with van der Waals surface area (Å²) >= 11 is 1.25. The third kappa shape index (κ3) is 5.24. The van der Waals surface area contributed by atoms with Crippen LogP contribution in [0.1, 0.15) is 43.4 Å². The van der Waals surface area contributed by atoms with Crippen molar-refractivity contribution in [3.63, 3.8) is 0 Å². The molecule has 2 amide bonds. The summed E-state index contributed by atoms with van der Waals surface area (Å²) in [5.74, 6) is -0.204. The van der Waals surface area contributed by atoms with Crippen LogP contribution < -0.4 is 15.4 Å². The van der Waals surface area contributed by atoms with Crippen molar-refractivity contribution in [2.45, 2.75) is 26.7 Å². The zero-order valence-electron chi connectivity index (χ0n) is 17.1. The van der Waals surface area contributed by atoms with Gasteiger partial charge in [-0.15, -0.1) is 11.3 Å². The molecule has 0 saturated heterocycles. The van der Waals surface area contributed by atoms with E-state index in [9.17, 15) is 14.0 Å². The van der Waals surface area contributed by atoms with Gasteiger partial charge in [0.1, 0.15) is 22.3 Å². The van der Waals surface area contributed by atoms with Gasteiger partial charge in [0.15, 0.2) is 0 Å². The molecule has 3 aromatic rings. The second-order valence-electron chi connectivity index (χ2n) is 7.43. The number of nitrogens with zero attached hydrogens (tertiary/aromatic N) is 2. The third-order valence-corrected chi connectivity index (χ3v) is 5.72. The largest absolute Gasteiger partial charge is 0.492 e. The van der Waals surface area contributed by atoms with Crippen molar-refractivity contribution in [2.75, 3.05) is 17.2 Å². The lowest BCUT2D eigenvalue weighted by atomic mass is 10.1. The molecule has 0 atom stereocenters. The second kappa shape index (κ2) is 8.81. The number of pyridine rings is 1. The summed E-state index contributed by atoms with van der Waals surface area (Å²) < 4.78 is 20.1. The highest BCUT2D eigenvalue weighted by Gasteiger charge is 2.22. The summed E-state index contributed by atoms with van der Waals surface area (Å²) in [6, 6.07) is 5.84. The fraction of sp³-hybridized carbons (Fsp3) is 0.273. The van der Waals surface area contributed by atoms with Crippen LogP contribution in [0.2, 0.25) is 0 Å². The van der Waals surface area contributed by atoms with E-state index in [1.807, 2.05) is 0 Å². The maximum absolute atomic E-state index is 14.5. The van der Waals surface area contributed by atoms with E-state index in [0.29, 0.717) is 34.4 Å². The molecule has 31 heavy (non-hydrogen) atoms. The average molecular weight is 441 g/mol. The molecule has 1 aliphatic rings. The Morgan fingerprint density at radius 2 is 1.94 bits per heavy atom. The standard InChI is InChI=1S/C22H21FN4O3S/c1-12-7-17(23)16(8-18(12)26-22(29)19-10-24-13(2)31-19)21(28)27-20-6-5-15(9-25-20)30-11-14-3-4-14/h5-10,14H,3-4,11H2,1-2H3,(H,26,29)(H,25,27,28). The van der Waals surface area contributed by atoms with E-state index in [1.54, 1.807) is 26.0 Å². The number of carbonyl (C=O) groups excluding carboxylic acids is 2. The molecule has 0 bridgehead atoms. The second-order valence-corrected chi connectivity index (χ2v) is 8.67. The minimum absolute atomic E-state index is 0.197. The van der Waals surface area contributed by atoms with Crippen molar-refractivity contribution in [3.05, 3.63) is 63.5 Å². The monoisotopic (exact) mass is 440 g/mol. The SMILES string of the molecule is Cc1ncc(C(=O)Nc2cc(C(=O)Nc3ccc(OCC4CC4)cn3)c(F)cc2C)s1. The summed E-state index contributed by atoms with van der Waals surface area (Å²) in [7, 11) is 0. The molecule has 2 heterocycles. The highest BCUT2D eigenvalue weighted by atomic mass is 32.1. The first-order chi connectivity index (χ1) is 14.9. The molecule has 0 unspecified atom stereocenters. The number of halogens is 1. The minimum Gasteiger partial charge on any atom is -0.492 e. The topological polar surface area (TPSA) is 93.2 Å². The van der Waals surface area contributed by atoms with Gasteiger partial charge in [-0.05, 0) is 62.4 Å². The highest BCUT2D eigenvalue weighted by Crippen LogP contribution is 2.29. The van der Waals surface area contributed by atoms with Gasteiger partial charge < -0.3 is 15.4 Å². The molecule has 0 aliphatic heterocycles. The van der Waals surface area contributed by atoms with E-state index >= 15 is 0 Å². The molecule has 1 aromatic carbocycles. The first-order valence-corrected chi connectivity index (χ1v) is 10.6. The van der Waals surface area contributed by atoms with Gasteiger partial charge in [0.25, 0.3) is 11.8 Å². The van der Waals surface area contributed by atoms with Crippen LogP contribution in [0.3, 0.4) is 0 Å². The molecule has 4 rings (SSSR count). The molecule has 2 N–H and O–H groups in total. The zero-order chi connectivity index (χ0) is 22.0. The fourth-order valence-corrected chi connectivity index (χ4v) is 3.53. The number of ether oxygens (including phenoxy) is 1. The number of hydrogen-bond donors (Lipinski definition) is 2. The smallest absolute Gasteiger partial charge is 0.267 e. The number of aryl methyl sites for hydroxylation is 2. The summed E-state index contributed by atoms with van der Waals surface area (Å²) in [5, 5.41) is 6.05. The van der Waals surface area contributed by atoms with Gasteiger partial charge in [-0.3, -0.25) is 9.59 Å². The van der Waals surface area contributed by atoms with E-state index in [2.05, 4.69) is 20.6 Å². The first kappa shape index (κ1) is 20.9. The van der Waals surface area contributed by atoms with E-state index in [4.69, 9.17) is 4.74 Å². The predicted octanol–water partition coefficient (Wildman–Crippen LogP) is 4.59. The van der Waals surface area contributed by atoms with Gasteiger partial charge in [0, 0.05) is 5.69 Å². The Bertz CT molecular complexity index is 1130. The zero-order valence-corrected chi connectivity index (χ0v) is 17.9. The van der Waals surface area contributed by atoms with Crippen LogP contribution in [0.4, 0.5) is 15.9 Å². The lowest BCUT2D eigenvalue weighted by Gasteiger charge is -2.12. The number of benzene rings is 1. The van der Waals surface area contributed by atoms with Crippen LogP contribution >= 0.6 is 11.3 Å². The Balaban J connectivity index is 1.45. The number of aromatic nitrogens is 2. The van der Waals surface area contributed by atoms with Crippen molar-refractivity contribution in [2.24, 2.45) is 5.92 Å². The van der Waals surface area contributed by atoms with Gasteiger partial charge >= 0.3 is 0 Å². The molecular formula is C22H21FN4O3S. The van der Waals surface area contributed by atoms with Gasteiger partial charge in [-0.2, -0.15) is 0 Å². The molecule has 1 aliphatic carbocycles. The quantitative estimate of drug-likeness (QED) is 0.561. The molecule has 1 fully saturated rings. The Kier molecular flexibility index (Phi) is 5.94. The van der Waals surface area contributed by atoms with Crippen molar-refractivity contribution < 1.29 is 18.7 Å². The lowest BCUT2D eigenvalue weighted by molar-refractivity contribution is 0.101. The summed E-state index contributed by atoms with van der Waals surface area (Å²) in [6.45, 7) is 4.12. The molecule has 2 aromatic heterocycles. The molecule has 0 spiro atoms. The van der Waals surface area contributed by atoms with Crippen LogP contribution in [0.5, 0.6) is 5.75 Å². The van der Waals surface area contributed by atoms with Crippen LogP contribution in [-0.4, -0.2) is 28.4 Å². The van der Waals surface area contributed by atoms with Crippen molar-refractivity contribution >= 4 is 34.7 Å². The Hall–Kier alpha value is -3.33. The van der Waals surface area contributed by atoms with E-state index < -0.39 is 11.7 Å². The summed E-state index contributed by atoms with van der Waals surface area (Å²) in [6.07, 6.45) is 5.38. The van der Waals surface area contributed by atoms with E-state index in [0.717, 1.165) is 5.01 Å². The lowest BCUT2D eigenvalue weighted by Crippen LogP contribution is -2.17. The van der Waals surface area contributed by atoms with Crippen molar-refractivity contribution in [1.82, 2.24) is 9.97 Å². The predicted molar refractivity (Wildman–Crippen MR) is 116 cm³/mol. The maximum Gasteiger partial charge on any atom is 0.267 e. The molecular weight excluding hydrogens is 419 g/mol. The number of thiazole rings is 1. The van der Waals surface area contributed by atoms with Gasteiger partial charge in [0.2, 0.25) is 0 Å². The van der Waals surface area contributed by atoms with Crippen molar-refractivity contribution in [1.29, 1.82) is 0 Å². The van der Waals surface area contributed by atoms with Gasteiger partial charge in [0.05, 0.1) is 29.6 Å². The summed E-state index contributed by atoms with van der Waals surface area (Å²) in [5.41, 5.74) is 0.649. The Labute approximate surface area is 182 Å². The number of hydrogen-bond acceptors (Lipinski definition) is 6. The Morgan fingerprint density at radius 3 is 2.58 bits per heavy atom. The van der Waals surface area contributed by atoms with E-state index in [1.165, 1.54) is 48.7 Å².